The number of carbonyl (C=O) groups is 2. The number of rotatable bonds is 2. The molecule has 0 atom stereocenters. The van der Waals surface area contributed by atoms with E-state index in [9.17, 15) is 24.1 Å². The summed E-state index contributed by atoms with van der Waals surface area (Å²) in [5, 5.41) is 10.6. The fraction of sp³-hybridized carbons (Fsp3) is 0.0909. The number of imide groups is 1. The summed E-state index contributed by atoms with van der Waals surface area (Å²) in [6.07, 6.45) is 1.10. The number of benzene rings is 1. The van der Waals surface area contributed by atoms with Crippen LogP contribution >= 0.6 is 0 Å². The van der Waals surface area contributed by atoms with Crippen molar-refractivity contribution in [3.8, 4) is 0 Å². The second kappa shape index (κ2) is 4.02. The van der Waals surface area contributed by atoms with Crippen molar-refractivity contribution >= 4 is 23.2 Å². The molecule has 1 aromatic carbocycles. The van der Waals surface area contributed by atoms with Gasteiger partial charge in [0.15, 0.2) is 0 Å². The van der Waals surface area contributed by atoms with E-state index in [1.54, 1.807) is 0 Å². The van der Waals surface area contributed by atoms with Crippen molar-refractivity contribution in [1.82, 2.24) is 0 Å². The van der Waals surface area contributed by atoms with Crippen LogP contribution in [-0.2, 0) is 9.59 Å². The Bertz CT molecular complexity index is 609. The normalized spacial score (nSPS) is 15.0. The number of nitro groups is 1. The average Bonchev–Trinajstić information content (AvgIpc) is 2.52. The number of nitro benzene ring substituents is 1. The number of carbonyl (C=O) groups excluding carboxylic acids is 2. The molecule has 0 aromatic heterocycles. The van der Waals surface area contributed by atoms with Crippen molar-refractivity contribution in [1.29, 1.82) is 0 Å². The molecule has 0 aliphatic carbocycles. The number of anilines is 1. The molecule has 0 spiro atoms. The van der Waals surface area contributed by atoms with E-state index in [1.165, 1.54) is 6.92 Å². The van der Waals surface area contributed by atoms with E-state index in [0.29, 0.717) is 4.90 Å². The fourth-order valence-electron chi connectivity index (χ4n) is 1.63. The summed E-state index contributed by atoms with van der Waals surface area (Å²) in [5.74, 6) is -2.14. The van der Waals surface area contributed by atoms with Gasteiger partial charge in [-0.25, -0.2) is 9.29 Å². The molecule has 6 nitrogen and oxygen atoms in total. The van der Waals surface area contributed by atoms with Crippen molar-refractivity contribution in [3.63, 3.8) is 0 Å². The van der Waals surface area contributed by atoms with Crippen molar-refractivity contribution in [3.05, 3.63) is 45.8 Å². The van der Waals surface area contributed by atoms with Gasteiger partial charge in [-0.05, 0) is 13.0 Å². The number of non-ortho nitro benzene ring substituents is 1. The van der Waals surface area contributed by atoms with E-state index < -0.39 is 28.2 Å². The third-order valence-corrected chi connectivity index (χ3v) is 2.44. The molecule has 1 aromatic rings. The summed E-state index contributed by atoms with van der Waals surface area (Å²) < 4.78 is 13.2. The van der Waals surface area contributed by atoms with Gasteiger partial charge in [0.2, 0.25) is 0 Å². The molecule has 2 amide bonds. The molecule has 1 aliphatic rings. The minimum atomic E-state index is -0.885. The van der Waals surface area contributed by atoms with Crippen molar-refractivity contribution in [2.75, 3.05) is 4.90 Å². The number of hydrogen-bond donors (Lipinski definition) is 0. The second-order valence-electron chi connectivity index (χ2n) is 3.73. The molecule has 92 valence electrons. The van der Waals surface area contributed by atoms with Crippen LogP contribution in [0.3, 0.4) is 0 Å². The average molecular weight is 250 g/mol. The fourth-order valence-corrected chi connectivity index (χ4v) is 1.63. The van der Waals surface area contributed by atoms with E-state index in [4.69, 9.17) is 0 Å². The van der Waals surface area contributed by atoms with Crippen LogP contribution in [0.25, 0.3) is 0 Å². The zero-order chi connectivity index (χ0) is 13.4. The van der Waals surface area contributed by atoms with Crippen LogP contribution in [0.4, 0.5) is 15.8 Å². The SMILES string of the molecule is CC1=CC(=O)N(c2cc(F)cc([N+](=O)[O-])c2)C1=O. The molecule has 7 heteroatoms. The van der Waals surface area contributed by atoms with Gasteiger partial charge in [0, 0.05) is 17.7 Å². The molecule has 0 unspecified atom stereocenters. The van der Waals surface area contributed by atoms with E-state index >= 15 is 0 Å². The van der Waals surface area contributed by atoms with Crippen LogP contribution in [0, 0.1) is 15.9 Å². The molecule has 0 saturated heterocycles. The second-order valence-corrected chi connectivity index (χ2v) is 3.73. The summed E-state index contributed by atoms with van der Waals surface area (Å²) in [5.41, 5.74) is -0.466. The van der Waals surface area contributed by atoms with E-state index in [2.05, 4.69) is 0 Å². The lowest BCUT2D eigenvalue weighted by Crippen LogP contribution is -2.30. The molecule has 2 rings (SSSR count). The molecule has 1 heterocycles. The van der Waals surface area contributed by atoms with Gasteiger partial charge in [0.25, 0.3) is 17.5 Å². The smallest absolute Gasteiger partial charge is 0.269 e. The van der Waals surface area contributed by atoms with Gasteiger partial charge in [0.05, 0.1) is 16.7 Å². The quantitative estimate of drug-likeness (QED) is 0.453. The Balaban J connectivity index is 2.50. The number of nitrogens with zero attached hydrogens (tertiary/aromatic N) is 2. The molecule has 1 aliphatic heterocycles. The van der Waals surface area contributed by atoms with Crippen molar-refractivity contribution in [2.45, 2.75) is 6.92 Å². The molecule has 0 fully saturated rings. The van der Waals surface area contributed by atoms with Crippen LogP contribution in [-0.4, -0.2) is 16.7 Å². The van der Waals surface area contributed by atoms with Gasteiger partial charge in [0.1, 0.15) is 5.82 Å². The topological polar surface area (TPSA) is 80.5 Å². The maximum atomic E-state index is 13.2. The van der Waals surface area contributed by atoms with Gasteiger partial charge >= 0.3 is 0 Å². The summed E-state index contributed by atoms with van der Waals surface area (Å²) in [4.78, 5) is 33.7. The van der Waals surface area contributed by atoms with E-state index in [0.717, 1.165) is 24.3 Å². The molecular formula is C11H7FN2O4. The van der Waals surface area contributed by atoms with Crippen molar-refractivity contribution in [2.24, 2.45) is 0 Å². The molecule has 0 saturated carbocycles. The molecule has 18 heavy (non-hydrogen) atoms. The first-order chi connectivity index (χ1) is 8.40. The van der Waals surface area contributed by atoms with Gasteiger partial charge in [-0.3, -0.25) is 19.7 Å². The molecular weight excluding hydrogens is 243 g/mol. The largest absolute Gasteiger partial charge is 0.274 e. The zero-order valence-electron chi connectivity index (χ0n) is 9.21. The van der Waals surface area contributed by atoms with Crippen LogP contribution in [0.2, 0.25) is 0 Å². The minimum Gasteiger partial charge on any atom is -0.269 e. The first kappa shape index (κ1) is 11.9. The Kier molecular flexibility index (Phi) is 2.66. The van der Waals surface area contributed by atoms with Crippen molar-refractivity contribution < 1.29 is 18.9 Å². The standard InChI is InChI=1S/C11H7FN2O4/c1-6-2-10(15)13(11(6)16)8-3-7(12)4-9(5-8)14(17)18/h2-5H,1H3. The predicted molar refractivity (Wildman–Crippen MR) is 59.3 cm³/mol. The van der Waals surface area contributed by atoms with Gasteiger partial charge < -0.3 is 0 Å². The summed E-state index contributed by atoms with van der Waals surface area (Å²) in [7, 11) is 0. The third kappa shape index (κ3) is 1.86. The summed E-state index contributed by atoms with van der Waals surface area (Å²) in [6, 6.07) is 2.59. The monoisotopic (exact) mass is 250 g/mol. The van der Waals surface area contributed by atoms with E-state index in [-0.39, 0.29) is 11.3 Å². The zero-order valence-corrected chi connectivity index (χ0v) is 9.21. The van der Waals surface area contributed by atoms with Gasteiger partial charge in [-0.2, -0.15) is 0 Å². The van der Waals surface area contributed by atoms with Crippen LogP contribution in [0.1, 0.15) is 6.92 Å². The predicted octanol–water partition coefficient (Wildman–Crippen LogP) is 1.55. The van der Waals surface area contributed by atoms with Crippen LogP contribution < -0.4 is 4.90 Å². The van der Waals surface area contributed by atoms with Gasteiger partial charge in [-0.15, -0.1) is 0 Å². The highest BCUT2D eigenvalue weighted by Gasteiger charge is 2.31. The first-order valence-electron chi connectivity index (χ1n) is 4.92. The lowest BCUT2D eigenvalue weighted by molar-refractivity contribution is -0.385. The Labute approximate surface area is 100 Å². The number of amides is 2. The maximum Gasteiger partial charge on any atom is 0.274 e. The molecule has 0 radical (unpaired) electrons. The van der Waals surface area contributed by atoms with Crippen LogP contribution in [0.15, 0.2) is 29.8 Å². The number of halogens is 1. The highest BCUT2D eigenvalue weighted by Crippen LogP contribution is 2.27. The maximum absolute atomic E-state index is 13.2. The highest BCUT2D eigenvalue weighted by molar-refractivity contribution is 6.30. The lowest BCUT2D eigenvalue weighted by atomic mass is 10.2. The minimum absolute atomic E-state index is 0.148. The Hall–Kier alpha value is -2.57. The lowest BCUT2D eigenvalue weighted by Gasteiger charge is -2.14. The van der Waals surface area contributed by atoms with Crippen LogP contribution in [0.5, 0.6) is 0 Å². The number of hydrogen-bond acceptors (Lipinski definition) is 4. The molecule has 0 bridgehead atoms. The van der Waals surface area contributed by atoms with E-state index in [1.807, 2.05) is 0 Å². The molecule has 0 N–H and O–H groups in total. The Morgan fingerprint density at radius 1 is 1.28 bits per heavy atom. The summed E-state index contributed by atoms with van der Waals surface area (Å²) in [6.45, 7) is 1.44. The van der Waals surface area contributed by atoms with Gasteiger partial charge in [-0.1, -0.05) is 0 Å². The highest BCUT2D eigenvalue weighted by atomic mass is 19.1. The Morgan fingerprint density at radius 2 is 1.94 bits per heavy atom. The Morgan fingerprint density at radius 3 is 2.44 bits per heavy atom. The summed E-state index contributed by atoms with van der Waals surface area (Å²) >= 11 is 0. The third-order valence-electron chi connectivity index (χ3n) is 2.44. The first-order valence-corrected chi connectivity index (χ1v) is 4.92.